The van der Waals surface area contributed by atoms with E-state index in [0.29, 0.717) is 27.5 Å². The Kier molecular flexibility index (Phi) is 9.64. The zero-order valence-corrected chi connectivity index (χ0v) is 25.3. The summed E-state index contributed by atoms with van der Waals surface area (Å²) in [5, 5.41) is 17.2. The van der Waals surface area contributed by atoms with Crippen molar-refractivity contribution in [3.63, 3.8) is 0 Å². The number of aryl methyl sites for hydroxylation is 1. The smallest absolute Gasteiger partial charge is 0.267 e. The van der Waals surface area contributed by atoms with Gasteiger partial charge in [0.1, 0.15) is 11.5 Å². The van der Waals surface area contributed by atoms with Crippen LogP contribution in [0.5, 0.6) is 0 Å². The van der Waals surface area contributed by atoms with Gasteiger partial charge >= 0.3 is 0 Å². The molecule has 3 aromatic rings. The number of carbonyl (C=O) groups is 2. The number of nitrogens with zero attached hydrogens (tertiary/aromatic N) is 2. The highest BCUT2D eigenvalue weighted by Crippen LogP contribution is 2.30. The second-order valence-corrected chi connectivity index (χ2v) is 11.3. The molecule has 0 atom stereocenters. The molecule has 3 rings (SSSR count). The summed E-state index contributed by atoms with van der Waals surface area (Å²) in [4.78, 5) is 34.5. The number of fused-ring (bicyclic) bond motifs is 1. The van der Waals surface area contributed by atoms with Crippen LogP contribution in [0.15, 0.2) is 76.0 Å². The number of carbonyl (C=O) groups excluding carboxylic acids is 2. The highest BCUT2D eigenvalue weighted by Gasteiger charge is 2.20. The van der Waals surface area contributed by atoms with Gasteiger partial charge in [-0.1, -0.05) is 30.3 Å². The number of primary amides is 1. The average Bonchev–Trinajstić information content (AvgIpc) is 3.31. The first-order chi connectivity index (χ1) is 18.3. The van der Waals surface area contributed by atoms with Gasteiger partial charge in [0.15, 0.2) is 0 Å². The summed E-state index contributed by atoms with van der Waals surface area (Å²) in [5.74, 6) is -1.05. The molecule has 0 saturated heterocycles. The van der Waals surface area contributed by atoms with Crippen LogP contribution < -0.4 is 22.1 Å². The maximum Gasteiger partial charge on any atom is 0.267 e. The lowest BCUT2D eigenvalue weighted by atomic mass is 10.0. The second-order valence-electron chi connectivity index (χ2n) is 9.13. The molecule has 204 valence electrons. The third-order valence-electron chi connectivity index (χ3n) is 5.75. The van der Waals surface area contributed by atoms with Crippen LogP contribution in [0.1, 0.15) is 34.6 Å². The zero-order chi connectivity index (χ0) is 28.9. The van der Waals surface area contributed by atoms with Crippen LogP contribution in [0.25, 0.3) is 10.1 Å². The number of amidine groups is 1. The van der Waals surface area contributed by atoms with Crippen molar-refractivity contribution in [1.82, 2.24) is 5.32 Å². The van der Waals surface area contributed by atoms with Crippen LogP contribution >= 0.6 is 33.9 Å². The van der Waals surface area contributed by atoms with Gasteiger partial charge in [-0.15, -0.1) is 11.3 Å². The number of hydrogen-bond acceptors (Lipinski definition) is 7. The number of halogens is 1. The number of nitrogens with one attached hydrogen (secondary N) is 2. The van der Waals surface area contributed by atoms with E-state index in [0.717, 1.165) is 19.2 Å². The maximum absolute atomic E-state index is 13.1. The molecule has 0 radical (unpaired) electrons. The quantitative estimate of drug-likeness (QED) is 0.101. The Morgan fingerprint density at radius 3 is 2.41 bits per heavy atom. The standard InChI is InChI=1S/C28H31IN6O3S/c1-15-10-11-17(24(29)25(15)35-27(37)21-12-16-8-6-7-9-20(16)39-21)18(32-4)13-19(26(31)36)34-23(30)14-22(33-5)28(2,3)38/h6-14,33,38H,1-5H3,(H2,30,34)(H2,31,36)(H,35,37)/b19-13+,22-14-,32-18?. The summed E-state index contributed by atoms with van der Waals surface area (Å²) in [5.41, 5.74) is 13.3. The van der Waals surface area contributed by atoms with Gasteiger partial charge in [0.05, 0.1) is 21.9 Å². The molecule has 1 aromatic heterocycles. The molecule has 7 N–H and O–H groups in total. The van der Waals surface area contributed by atoms with Crippen molar-refractivity contribution >= 4 is 73.1 Å². The molecule has 0 spiro atoms. The minimum atomic E-state index is -1.20. The molecule has 1 heterocycles. The maximum atomic E-state index is 13.1. The lowest BCUT2D eigenvalue weighted by Gasteiger charge is -2.21. The van der Waals surface area contributed by atoms with Crippen molar-refractivity contribution in [2.24, 2.45) is 21.5 Å². The van der Waals surface area contributed by atoms with Crippen LogP contribution in [0, 0.1) is 10.5 Å². The van der Waals surface area contributed by atoms with Crippen molar-refractivity contribution < 1.29 is 14.7 Å². The van der Waals surface area contributed by atoms with E-state index in [-0.39, 0.29) is 17.4 Å². The Labute approximate surface area is 244 Å². The predicted octanol–water partition coefficient (Wildman–Crippen LogP) is 4.09. The van der Waals surface area contributed by atoms with Crippen molar-refractivity contribution in [1.29, 1.82) is 0 Å². The van der Waals surface area contributed by atoms with Crippen LogP contribution in [0.4, 0.5) is 5.69 Å². The third kappa shape index (κ3) is 7.31. The molecule has 2 amide bonds. The van der Waals surface area contributed by atoms with Gasteiger partial charge in [0.2, 0.25) is 0 Å². The topological polar surface area (TPSA) is 155 Å². The number of amides is 2. The lowest BCUT2D eigenvalue weighted by Crippen LogP contribution is -2.32. The van der Waals surface area contributed by atoms with Crippen molar-refractivity contribution in [2.45, 2.75) is 26.4 Å². The van der Waals surface area contributed by atoms with Crippen molar-refractivity contribution in [2.75, 3.05) is 19.4 Å². The molecular weight excluding hydrogens is 627 g/mol. The fourth-order valence-electron chi connectivity index (χ4n) is 3.72. The second kappa shape index (κ2) is 12.5. The molecule has 0 fully saturated rings. The Balaban J connectivity index is 1.99. The Morgan fingerprint density at radius 2 is 1.82 bits per heavy atom. The Hall–Kier alpha value is -3.55. The molecule has 11 heteroatoms. The summed E-state index contributed by atoms with van der Waals surface area (Å²) in [6.45, 7) is 5.08. The Morgan fingerprint density at radius 1 is 1.13 bits per heavy atom. The van der Waals surface area contributed by atoms with E-state index >= 15 is 0 Å². The summed E-state index contributed by atoms with van der Waals surface area (Å²) in [7, 11) is 3.22. The largest absolute Gasteiger partial charge is 0.389 e. The van der Waals surface area contributed by atoms with E-state index in [1.807, 2.05) is 49.4 Å². The van der Waals surface area contributed by atoms with Gasteiger partial charge in [-0.25, -0.2) is 4.99 Å². The predicted molar refractivity (Wildman–Crippen MR) is 168 cm³/mol. The van der Waals surface area contributed by atoms with E-state index in [2.05, 4.69) is 43.2 Å². The number of aliphatic hydroxyl groups is 1. The summed E-state index contributed by atoms with van der Waals surface area (Å²) in [6, 6.07) is 13.4. The van der Waals surface area contributed by atoms with E-state index in [9.17, 15) is 14.7 Å². The number of thiophene rings is 1. The zero-order valence-electron chi connectivity index (χ0n) is 22.3. The molecule has 0 aliphatic heterocycles. The van der Waals surface area contributed by atoms with E-state index < -0.39 is 11.5 Å². The first-order valence-electron chi connectivity index (χ1n) is 11.9. The summed E-state index contributed by atoms with van der Waals surface area (Å²) >= 11 is 3.57. The van der Waals surface area contributed by atoms with Gasteiger partial charge in [0.25, 0.3) is 11.8 Å². The molecule has 0 aliphatic rings. The van der Waals surface area contributed by atoms with Gasteiger partial charge in [0, 0.05) is 39.7 Å². The third-order valence-corrected chi connectivity index (χ3v) is 7.99. The first-order valence-corrected chi connectivity index (χ1v) is 13.8. The van der Waals surface area contributed by atoms with Crippen molar-refractivity contribution in [3.8, 4) is 0 Å². The van der Waals surface area contributed by atoms with Gasteiger partial charge in [-0.2, -0.15) is 0 Å². The van der Waals surface area contributed by atoms with Crippen LogP contribution in [0.2, 0.25) is 0 Å². The van der Waals surface area contributed by atoms with E-state index in [4.69, 9.17) is 11.5 Å². The minimum absolute atomic E-state index is 0.0307. The molecule has 39 heavy (non-hydrogen) atoms. The van der Waals surface area contributed by atoms with Crippen molar-refractivity contribution in [3.05, 3.63) is 85.6 Å². The normalized spacial score (nSPS) is 13.5. The summed E-state index contributed by atoms with van der Waals surface area (Å²) < 4.78 is 1.77. The molecule has 0 aliphatic carbocycles. The molecule has 0 saturated carbocycles. The fraction of sp³-hybridized carbons (Fsp3) is 0.214. The first kappa shape index (κ1) is 30.0. The fourth-order valence-corrected chi connectivity index (χ4v) is 5.69. The molecule has 9 nitrogen and oxygen atoms in total. The number of hydrogen-bond donors (Lipinski definition) is 5. The van der Waals surface area contributed by atoms with Crippen LogP contribution in [-0.4, -0.2) is 48.2 Å². The number of likely N-dealkylation sites (N-methyl/N-ethyl adjacent to an activating group) is 1. The number of rotatable bonds is 9. The van der Waals surface area contributed by atoms with Gasteiger partial charge in [-0.05, 0) is 72.5 Å². The number of allylic oxidation sites excluding steroid dienone is 1. The van der Waals surface area contributed by atoms with Gasteiger partial charge in [-0.3, -0.25) is 14.6 Å². The van der Waals surface area contributed by atoms with Gasteiger partial charge < -0.3 is 27.2 Å². The number of anilines is 1. The number of aliphatic imine (C=N–C) groups is 2. The van der Waals surface area contributed by atoms with E-state index in [1.54, 1.807) is 27.9 Å². The average molecular weight is 659 g/mol. The highest BCUT2D eigenvalue weighted by molar-refractivity contribution is 14.1. The van der Waals surface area contributed by atoms with E-state index in [1.165, 1.54) is 23.5 Å². The van der Waals surface area contributed by atoms with Crippen LogP contribution in [-0.2, 0) is 4.79 Å². The molecule has 2 aromatic carbocycles. The highest BCUT2D eigenvalue weighted by atomic mass is 127. The Bertz CT molecular complexity index is 1510. The molecule has 0 bridgehead atoms. The SMILES string of the molecule is CN=C(/C=C(/N=C(N)/C=C(\NC)C(C)(C)O)C(N)=O)c1ccc(C)c(NC(=O)c2cc3ccccc3s2)c1I. The van der Waals surface area contributed by atoms with Crippen LogP contribution in [0.3, 0.4) is 0 Å². The number of benzene rings is 2. The monoisotopic (exact) mass is 658 g/mol. The summed E-state index contributed by atoms with van der Waals surface area (Å²) in [6.07, 6.45) is 2.87. The molecule has 0 unspecified atom stereocenters. The minimum Gasteiger partial charge on any atom is -0.389 e. The molecular formula is C28H31IN6O3S. The lowest BCUT2D eigenvalue weighted by molar-refractivity contribution is -0.114. The number of nitrogens with two attached hydrogens (primary N) is 2.